The average Bonchev–Trinajstić information content (AvgIpc) is 3.60. The van der Waals surface area contributed by atoms with Crippen LogP contribution in [0.5, 0.6) is 0 Å². The van der Waals surface area contributed by atoms with Crippen molar-refractivity contribution in [2.24, 2.45) is 10.3 Å². The van der Waals surface area contributed by atoms with Crippen molar-refractivity contribution in [2.75, 3.05) is 29.6 Å². The van der Waals surface area contributed by atoms with Gasteiger partial charge in [0.05, 0.1) is 15.3 Å². The second kappa shape index (κ2) is 9.88. The summed E-state index contributed by atoms with van der Waals surface area (Å²) in [4.78, 5) is 30.8. The first-order chi connectivity index (χ1) is 16.5. The molecule has 1 aliphatic heterocycles. The van der Waals surface area contributed by atoms with Crippen LogP contribution in [0.3, 0.4) is 0 Å². The second-order valence-electron chi connectivity index (χ2n) is 9.18. The summed E-state index contributed by atoms with van der Waals surface area (Å²) in [5.74, 6) is -2.27. The number of carbonyl (C=O) groups is 2. The molecule has 0 radical (unpaired) electrons. The number of pyridine rings is 1. The number of nitrogens with one attached hydrogen (secondary N) is 1. The van der Waals surface area contributed by atoms with Crippen molar-refractivity contribution in [1.82, 2.24) is 4.98 Å². The summed E-state index contributed by atoms with van der Waals surface area (Å²) in [6.07, 6.45) is 2.52. The Morgan fingerprint density at radius 1 is 1.23 bits per heavy atom. The van der Waals surface area contributed by atoms with E-state index in [-0.39, 0.29) is 29.8 Å². The van der Waals surface area contributed by atoms with E-state index in [4.69, 9.17) is 10.1 Å². The molecule has 2 fully saturated rings. The number of hydrogen-bond acceptors (Lipinski definition) is 5. The fraction of sp³-hybridized carbons (Fsp3) is 0.458. The number of benzene rings is 1. The zero-order chi connectivity index (χ0) is 25.2. The van der Waals surface area contributed by atoms with Gasteiger partial charge in [0, 0.05) is 48.5 Å². The second-order valence-corrected chi connectivity index (χ2v) is 11.4. The molecule has 4 rings (SSSR count). The van der Waals surface area contributed by atoms with Gasteiger partial charge in [-0.25, -0.2) is 22.8 Å². The zero-order valence-electron chi connectivity index (χ0n) is 19.4. The first-order valence-electron chi connectivity index (χ1n) is 11.5. The van der Waals surface area contributed by atoms with E-state index >= 15 is 0 Å². The van der Waals surface area contributed by atoms with E-state index in [1.165, 1.54) is 18.4 Å². The molecule has 1 aromatic carbocycles. The van der Waals surface area contributed by atoms with Crippen LogP contribution in [0.2, 0.25) is 0 Å². The summed E-state index contributed by atoms with van der Waals surface area (Å²) in [5, 5.41) is 11.6. The molecule has 2 aliphatic rings. The van der Waals surface area contributed by atoms with Gasteiger partial charge in [0.1, 0.15) is 5.82 Å². The number of carbonyl (C=O) groups excluding carboxylic acids is 1. The topological polar surface area (TPSA) is 112 Å². The monoisotopic (exact) mass is 506 g/mol. The van der Waals surface area contributed by atoms with Crippen LogP contribution in [0, 0.1) is 5.92 Å². The number of aromatic nitrogens is 1. The normalized spacial score (nSPS) is 19.3. The third-order valence-electron chi connectivity index (χ3n) is 6.17. The molecule has 35 heavy (non-hydrogen) atoms. The molecule has 188 valence electrons. The molecule has 0 spiro atoms. The number of amides is 2. The van der Waals surface area contributed by atoms with Gasteiger partial charge in [-0.2, -0.15) is 0 Å². The van der Waals surface area contributed by atoms with Gasteiger partial charge in [-0.05, 0) is 61.9 Å². The van der Waals surface area contributed by atoms with Crippen LogP contribution in [-0.4, -0.2) is 51.6 Å². The summed E-state index contributed by atoms with van der Waals surface area (Å²) < 4.78 is 43.8. The fourth-order valence-corrected chi connectivity index (χ4v) is 5.20. The third-order valence-corrected chi connectivity index (χ3v) is 7.80. The number of halogens is 2. The third kappa shape index (κ3) is 6.53. The highest BCUT2D eigenvalue weighted by atomic mass is 32.2. The highest BCUT2D eigenvalue weighted by Crippen LogP contribution is 2.34. The molecule has 8 nitrogen and oxygen atoms in total. The summed E-state index contributed by atoms with van der Waals surface area (Å²) in [6, 6.07) is 9.48. The van der Waals surface area contributed by atoms with E-state index in [2.05, 4.69) is 9.68 Å². The van der Waals surface area contributed by atoms with Crippen molar-refractivity contribution in [3.63, 3.8) is 0 Å². The van der Waals surface area contributed by atoms with Crippen LogP contribution in [0.15, 0.2) is 45.7 Å². The Morgan fingerprint density at radius 2 is 2.00 bits per heavy atom. The lowest BCUT2D eigenvalue weighted by Crippen LogP contribution is -2.29. The number of anilines is 2. The first kappa shape index (κ1) is 25.0. The molecule has 2 N–H and O–H groups in total. The van der Waals surface area contributed by atoms with E-state index in [9.17, 15) is 22.6 Å². The molecule has 2 heterocycles. The molecule has 1 saturated heterocycles. The van der Waals surface area contributed by atoms with Gasteiger partial charge in [0.2, 0.25) is 5.92 Å². The molecule has 1 unspecified atom stereocenters. The van der Waals surface area contributed by atoms with Crippen molar-refractivity contribution < 1.29 is 27.7 Å². The Bertz CT molecular complexity index is 1260. The van der Waals surface area contributed by atoms with E-state index < -0.39 is 27.7 Å². The maximum absolute atomic E-state index is 14.0. The highest BCUT2D eigenvalue weighted by molar-refractivity contribution is 7.93. The largest absolute Gasteiger partial charge is 0.463 e. The van der Waals surface area contributed by atoms with Crippen molar-refractivity contribution in [1.29, 1.82) is 0 Å². The first-order valence-corrected chi connectivity index (χ1v) is 13.4. The van der Waals surface area contributed by atoms with Crippen LogP contribution in [0.1, 0.15) is 48.2 Å². The maximum atomic E-state index is 14.0. The number of alkyl halides is 2. The van der Waals surface area contributed by atoms with Gasteiger partial charge in [-0.1, -0.05) is 6.07 Å². The van der Waals surface area contributed by atoms with Crippen LogP contribution in [0.4, 0.5) is 25.1 Å². The molecular formula is C24H28F2N4O4S. The minimum absolute atomic E-state index is 0.0945. The van der Waals surface area contributed by atoms with Gasteiger partial charge >= 0.3 is 6.09 Å². The molecule has 1 atom stereocenters. The Kier molecular flexibility index (Phi) is 7.07. The van der Waals surface area contributed by atoms with Gasteiger partial charge in [0.15, 0.2) is 0 Å². The van der Waals surface area contributed by atoms with Crippen molar-refractivity contribution in [3.8, 4) is 0 Å². The van der Waals surface area contributed by atoms with Gasteiger partial charge in [-0.15, -0.1) is 4.36 Å². The van der Waals surface area contributed by atoms with Crippen molar-refractivity contribution >= 4 is 33.2 Å². The van der Waals surface area contributed by atoms with Crippen LogP contribution >= 0.6 is 0 Å². The van der Waals surface area contributed by atoms with Crippen LogP contribution < -0.4 is 10.2 Å². The summed E-state index contributed by atoms with van der Waals surface area (Å²) in [7, 11) is -3.20. The SMILES string of the molecule is CS(=O)(=NC(=O)O)c1cccc(NC(=O)c2ccc(CC3CC3)nc2N2CCCC(F)(F)CC2)c1. The lowest BCUT2D eigenvalue weighted by Gasteiger charge is -2.24. The fourth-order valence-electron chi connectivity index (χ4n) is 4.12. The standard InChI is InChI=1S/C24H28F2N4O4S/c1-35(34,29-23(32)33)19-5-2-4-17(15-19)28-22(31)20-9-8-18(14-16-6-7-16)27-21(20)30-12-3-10-24(25,26)11-13-30/h2,4-5,8-9,15-16H,3,6-7,10-14H2,1H3,(H,28,31)(H,32,33). The minimum atomic E-state index is -3.20. The van der Waals surface area contributed by atoms with E-state index in [1.54, 1.807) is 29.2 Å². The minimum Gasteiger partial charge on any atom is -0.463 e. The quantitative estimate of drug-likeness (QED) is 0.567. The molecule has 1 aliphatic carbocycles. The van der Waals surface area contributed by atoms with Crippen molar-refractivity contribution in [3.05, 3.63) is 47.7 Å². The Hall–Kier alpha value is -3.08. The number of hydrogen-bond donors (Lipinski definition) is 2. The van der Waals surface area contributed by atoms with Gasteiger partial charge < -0.3 is 15.3 Å². The Labute approximate surface area is 202 Å². The predicted octanol–water partition coefficient (Wildman–Crippen LogP) is 5.05. The van der Waals surface area contributed by atoms with Crippen molar-refractivity contribution in [2.45, 2.75) is 49.3 Å². The lowest BCUT2D eigenvalue weighted by molar-refractivity contribution is -0.0102. The highest BCUT2D eigenvalue weighted by Gasteiger charge is 2.33. The van der Waals surface area contributed by atoms with E-state index in [1.807, 2.05) is 0 Å². The maximum Gasteiger partial charge on any atom is 0.439 e. The number of carboxylic acid groups (broad SMARTS) is 1. The molecule has 1 saturated carbocycles. The Morgan fingerprint density at radius 3 is 2.71 bits per heavy atom. The molecular weight excluding hydrogens is 478 g/mol. The summed E-state index contributed by atoms with van der Waals surface area (Å²) in [5.41, 5.74) is 1.39. The number of nitrogens with zero attached hydrogens (tertiary/aromatic N) is 3. The molecule has 1 aromatic heterocycles. The smallest absolute Gasteiger partial charge is 0.439 e. The van der Waals surface area contributed by atoms with Crippen LogP contribution in [0.25, 0.3) is 0 Å². The zero-order valence-corrected chi connectivity index (χ0v) is 20.2. The lowest BCUT2D eigenvalue weighted by atomic mass is 10.1. The van der Waals surface area contributed by atoms with E-state index in [0.717, 1.165) is 25.0 Å². The number of rotatable bonds is 6. The summed E-state index contributed by atoms with van der Waals surface area (Å²) in [6.45, 7) is 0.469. The summed E-state index contributed by atoms with van der Waals surface area (Å²) >= 11 is 0. The molecule has 2 amide bonds. The van der Waals surface area contributed by atoms with Gasteiger partial charge in [0.25, 0.3) is 5.91 Å². The average molecular weight is 507 g/mol. The van der Waals surface area contributed by atoms with Crippen LogP contribution in [-0.2, 0) is 16.1 Å². The Balaban J connectivity index is 1.62. The molecule has 2 aromatic rings. The molecule has 0 bridgehead atoms. The van der Waals surface area contributed by atoms with Gasteiger partial charge in [-0.3, -0.25) is 4.79 Å². The van der Waals surface area contributed by atoms with E-state index in [0.29, 0.717) is 30.4 Å². The molecule has 11 heteroatoms. The predicted molar refractivity (Wildman–Crippen MR) is 129 cm³/mol.